The third-order valence-corrected chi connectivity index (χ3v) is 2.54. The molecule has 0 heterocycles. The van der Waals surface area contributed by atoms with E-state index in [0.29, 0.717) is 22.7 Å². The number of hydrogen-bond donors (Lipinski definition) is 0. The number of carbonyl (C=O) groups excluding carboxylic acids is 1. The molecule has 0 aliphatic rings. The molecule has 13 heavy (non-hydrogen) atoms. The van der Waals surface area contributed by atoms with Crippen LogP contribution in [-0.4, -0.2) is 6.29 Å². The molecule has 70 valence electrons. The topological polar surface area (TPSA) is 17.1 Å². The number of halogens is 2. The fraction of sp³-hybridized carbons (Fsp3) is 0.300. The first-order valence-electron chi connectivity index (χ1n) is 4.12. The lowest BCUT2D eigenvalue weighted by molar-refractivity contribution is 0.111. The van der Waals surface area contributed by atoms with Crippen LogP contribution in [0.15, 0.2) is 16.6 Å². The SMILES string of the molecule is CCCc1ccc(Br)c(C=O)c1F. The number of hydrogen-bond acceptors (Lipinski definition) is 1. The Kier molecular flexibility index (Phi) is 3.60. The maximum atomic E-state index is 13.5. The van der Waals surface area contributed by atoms with E-state index >= 15 is 0 Å². The number of benzene rings is 1. The highest BCUT2D eigenvalue weighted by Crippen LogP contribution is 2.21. The van der Waals surface area contributed by atoms with Crippen LogP contribution in [0, 0.1) is 5.82 Å². The monoisotopic (exact) mass is 244 g/mol. The van der Waals surface area contributed by atoms with Crippen LogP contribution in [0.25, 0.3) is 0 Å². The summed E-state index contributed by atoms with van der Waals surface area (Å²) in [6.45, 7) is 1.97. The summed E-state index contributed by atoms with van der Waals surface area (Å²) in [5.41, 5.74) is 0.721. The lowest BCUT2D eigenvalue weighted by Crippen LogP contribution is -1.96. The van der Waals surface area contributed by atoms with Crippen molar-refractivity contribution in [2.75, 3.05) is 0 Å². The molecule has 1 nitrogen and oxygen atoms in total. The van der Waals surface area contributed by atoms with Crippen molar-refractivity contribution < 1.29 is 9.18 Å². The van der Waals surface area contributed by atoms with E-state index in [-0.39, 0.29) is 5.56 Å². The van der Waals surface area contributed by atoms with E-state index in [4.69, 9.17) is 0 Å². The zero-order valence-electron chi connectivity index (χ0n) is 7.31. The Labute approximate surface area is 85.1 Å². The lowest BCUT2D eigenvalue weighted by atomic mass is 10.1. The van der Waals surface area contributed by atoms with E-state index in [1.165, 1.54) is 0 Å². The molecule has 0 aromatic heterocycles. The van der Waals surface area contributed by atoms with Crippen molar-refractivity contribution >= 4 is 22.2 Å². The zero-order valence-corrected chi connectivity index (χ0v) is 8.90. The second kappa shape index (κ2) is 4.51. The molecule has 3 heteroatoms. The van der Waals surface area contributed by atoms with Gasteiger partial charge in [0.05, 0.1) is 5.56 Å². The van der Waals surface area contributed by atoms with Crippen molar-refractivity contribution in [3.8, 4) is 0 Å². The average Bonchev–Trinajstić information content (AvgIpc) is 2.11. The van der Waals surface area contributed by atoms with Crippen LogP contribution < -0.4 is 0 Å². The van der Waals surface area contributed by atoms with Crippen molar-refractivity contribution in [3.05, 3.63) is 33.5 Å². The van der Waals surface area contributed by atoms with Crippen molar-refractivity contribution in [2.45, 2.75) is 19.8 Å². The van der Waals surface area contributed by atoms with Gasteiger partial charge in [-0.25, -0.2) is 4.39 Å². The standard InChI is InChI=1S/C10H10BrFO/c1-2-3-7-4-5-9(11)8(6-13)10(7)12/h4-6H,2-3H2,1H3. The van der Waals surface area contributed by atoms with Crippen LogP contribution in [-0.2, 0) is 6.42 Å². The second-order valence-corrected chi connectivity index (χ2v) is 3.66. The summed E-state index contributed by atoms with van der Waals surface area (Å²) in [7, 11) is 0. The van der Waals surface area contributed by atoms with Crippen LogP contribution in [0.5, 0.6) is 0 Å². The summed E-state index contributed by atoms with van der Waals surface area (Å²) in [4.78, 5) is 10.5. The molecule has 1 aromatic carbocycles. The molecule has 0 saturated carbocycles. The van der Waals surface area contributed by atoms with Crippen LogP contribution in [0.3, 0.4) is 0 Å². The first-order chi connectivity index (χ1) is 6.20. The normalized spacial score (nSPS) is 10.1. The zero-order chi connectivity index (χ0) is 9.84. The highest BCUT2D eigenvalue weighted by Gasteiger charge is 2.10. The van der Waals surface area contributed by atoms with Gasteiger partial charge in [-0.05, 0) is 34.0 Å². The highest BCUT2D eigenvalue weighted by atomic mass is 79.9. The number of rotatable bonds is 3. The van der Waals surface area contributed by atoms with Gasteiger partial charge in [-0.2, -0.15) is 0 Å². The summed E-state index contributed by atoms with van der Waals surface area (Å²) in [6.07, 6.45) is 2.08. The van der Waals surface area contributed by atoms with E-state index in [1.807, 2.05) is 6.92 Å². The van der Waals surface area contributed by atoms with Gasteiger partial charge in [0.2, 0.25) is 0 Å². The van der Waals surface area contributed by atoms with Crippen molar-refractivity contribution in [1.29, 1.82) is 0 Å². The Morgan fingerprint density at radius 2 is 2.23 bits per heavy atom. The molecule has 0 spiro atoms. The van der Waals surface area contributed by atoms with Crippen LogP contribution in [0.4, 0.5) is 4.39 Å². The lowest BCUT2D eigenvalue weighted by Gasteiger charge is -2.04. The molecule has 0 atom stereocenters. The number of carbonyl (C=O) groups is 1. The Bertz CT molecular complexity index is 323. The predicted octanol–water partition coefficient (Wildman–Crippen LogP) is 3.35. The molecule has 0 saturated heterocycles. The van der Waals surface area contributed by atoms with Gasteiger partial charge < -0.3 is 0 Å². The van der Waals surface area contributed by atoms with Crippen LogP contribution in [0.2, 0.25) is 0 Å². The number of aryl methyl sites for hydroxylation is 1. The van der Waals surface area contributed by atoms with Gasteiger partial charge in [0, 0.05) is 4.47 Å². The van der Waals surface area contributed by atoms with Gasteiger partial charge in [-0.3, -0.25) is 4.79 Å². The minimum absolute atomic E-state index is 0.117. The molecular formula is C10H10BrFO. The smallest absolute Gasteiger partial charge is 0.154 e. The minimum atomic E-state index is -0.397. The fourth-order valence-electron chi connectivity index (χ4n) is 1.18. The van der Waals surface area contributed by atoms with Crippen molar-refractivity contribution in [1.82, 2.24) is 0 Å². The molecule has 0 N–H and O–H groups in total. The van der Waals surface area contributed by atoms with Gasteiger partial charge in [0.15, 0.2) is 6.29 Å². The van der Waals surface area contributed by atoms with E-state index < -0.39 is 5.82 Å². The van der Waals surface area contributed by atoms with Gasteiger partial charge in [-0.1, -0.05) is 19.4 Å². The summed E-state index contributed by atoms with van der Waals surface area (Å²) in [6, 6.07) is 3.41. The van der Waals surface area contributed by atoms with Crippen molar-refractivity contribution in [3.63, 3.8) is 0 Å². The van der Waals surface area contributed by atoms with E-state index in [9.17, 15) is 9.18 Å². The number of aldehydes is 1. The molecule has 0 aliphatic carbocycles. The Morgan fingerprint density at radius 1 is 1.54 bits per heavy atom. The Hall–Kier alpha value is -0.700. The fourth-order valence-corrected chi connectivity index (χ4v) is 1.58. The molecule has 0 bridgehead atoms. The van der Waals surface area contributed by atoms with Gasteiger partial charge in [0.1, 0.15) is 5.82 Å². The third kappa shape index (κ3) is 2.15. The highest BCUT2D eigenvalue weighted by molar-refractivity contribution is 9.10. The van der Waals surface area contributed by atoms with Gasteiger partial charge >= 0.3 is 0 Å². The molecule has 0 unspecified atom stereocenters. The molecule has 0 fully saturated rings. The summed E-state index contributed by atoms with van der Waals surface area (Å²) >= 11 is 3.12. The first kappa shape index (κ1) is 10.4. The van der Waals surface area contributed by atoms with Crippen molar-refractivity contribution in [2.24, 2.45) is 0 Å². The average molecular weight is 245 g/mol. The minimum Gasteiger partial charge on any atom is -0.298 e. The molecule has 0 amide bonds. The maximum Gasteiger partial charge on any atom is 0.154 e. The molecular weight excluding hydrogens is 235 g/mol. The predicted molar refractivity (Wildman–Crippen MR) is 53.5 cm³/mol. The molecule has 0 aliphatic heterocycles. The first-order valence-corrected chi connectivity index (χ1v) is 4.92. The van der Waals surface area contributed by atoms with Gasteiger partial charge in [0.25, 0.3) is 0 Å². The van der Waals surface area contributed by atoms with Crippen LogP contribution in [0.1, 0.15) is 29.3 Å². The summed E-state index contributed by atoms with van der Waals surface area (Å²) in [5.74, 6) is -0.397. The maximum absolute atomic E-state index is 13.5. The van der Waals surface area contributed by atoms with E-state index in [2.05, 4.69) is 15.9 Å². The summed E-state index contributed by atoms with van der Waals surface area (Å²) in [5, 5.41) is 0. The molecule has 1 aromatic rings. The summed E-state index contributed by atoms with van der Waals surface area (Å²) < 4.78 is 14.0. The molecule has 0 radical (unpaired) electrons. The van der Waals surface area contributed by atoms with E-state index in [1.54, 1.807) is 12.1 Å². The molecule has 1 rings (SSSR count). The van der Waals surface area contributed by atoms with Gasteiger partial charge in [-0.15, -0.1) is 0 Å². The van der Waals surface area contributed by atoms with E-state index in [0.717, 1.165) is 6.42 Å². The third-order valence-electron chi connectivity index (χ3n) is 1.84. The Morgan fingerprint density at radius 3 is 2.77 bits per heavy atom. The largest absolute Gasteiger partial charge is 0.298 e. The van der Waals surface area contributed by atoms with Crippen LogP contribution >= 0.6 is 15.9 Å². The Balaban J connectivity index is 3.19. The second-order valence-electron chi connectivity index (χ2n) is 2.80. The quantitative estimate of drug-likeness (QED) is 0.746.